The van der Waals surface area contributed by atoms with E-state index < -0.39 is 85.1 Å². The first-order chi connectivity index (χ1) is 23.9. The van der Waals surface area contributed by atoms with Crippen molar-refractivity contribution in [2.45, 2.75) is 74.1 Å². The van der Waals surface area contributed by atoms with Crippen molar-refractivity contribution in [2.24, 2.45) is 11.8 Å². The molecule has 3 heterocycles. The molecule has 2 aromatic carbocycles. The number of phenols is 1. The van der Waals surface area contributed by atoms with Gasteiger partial charge in [0.05, 0.1) is 51.1 Å². The Labute approximate surface area is 287 Å². The van der Waals surface area contributed by atoms with Crippen molar-refractivity contribution < 1.29 is 73.7 Å². The summed E-state index contributed by atoms with van der Waals surface area (Å²) in [4.78, 5) is 13.1. The highest BCUT2D eigenvalue weighted by molar-refractivity contribution is 5.87. The molecule has 0 spiro atoms. The first kappa shape index (κ1) is 35.9. The molecule has 1 saturated carbocycles. The lowest BCUT2D eigenvalue weighted by molar-refractivity contribution is -0.346. The maximum atomic E-state index is 13.1. The maximum Gasteiger partial charge on any atom is 0.331 e. The van der Waals surface area contributed by atoms with Crippen molar-refractivity contribution in [2.75, 3.05) is 27.4 Å². The molecule has 0 aromatic heterocycles. The number of phenolic OH excluding ortho intramolecular Hbond substituents is 1. The summed E-state index contributed by atoms with van der Waals surface area (Å²) in [6.07, 6.45) is -4.45. The molecule has 6 rings (SSSR count). The van der Waals surface area contributed by atoms with Gasteiger partial charge in [-0.1, -0.05) is 6.07 Å². The average molecular weight is 703 g/mol. The molecule has 7 N–H and O–H groups in total. The monoisotopic (exact) mass is 702 g/mol. The van der Waals surface area contributed by atoms with Gasteiger partial charge in [-0.05, 0) is 54.5 Å². The van der Waals surface area contributed by atoms with E-state index in [2.05, 4.69) is 0 Å². The van der Waals surface area contributed by atoms with E-state index in [1.54, 1.807) is 37.3 Å². The molecular weight excluding hydrogens is 660 g/mol. The molecule has 272 valence electrons. The van der Waals surface area contributed by atoms with Gasteiger partial charge >= 0.3 is 5.97 Å². The second-order valence-corrected chi connectivity index (χ2v) is 13.0. The van der Waals surface area contributed by atoms with Crippen molar-refractivity contribution in [3.63, 3.8) is 0 Å². The van der Waals surface area contributed by atoms with Crippen LogP contribution in [-0.4, -0.2) is 118 Å². The second kappa shape index (κ2) is 14.4. The highest BCUT2D eigenvalue weighted by Crippen LogP contribution is 2.52. The standard InChI is InChI=1S/C35H42O15/c1-35(43)13-24(18-8-9-46-33(27(18)35)50-34-30(42)29(41)28(40)25(15-37)48-34)47-26(39)7-4-16-10-19-20(14-36)31(49-32(19)23(11-16)45-3)17-5-6-21(38)22(12-17)44-2/h4-12,18,20,24-25,27-31,33-34,36-38,40-43H,13-15H2,1-3H3/b7-4+/t18?,20?,24?,25-,27?,28-,29+,30-,31?,33?,34+,35?/m1/s1. The topological polar surface area (TPSA) is 223 Å². The largest absolute Gasteiger partial charge is 0.504 e. The van der Waals surface area contributed by atoms with Gasteiger partial charge in [0.2, 0.25) is 6.29 Å². The van der Waals surface area contributed by atoms with E-state index in [1.165, 1.54) is 38.7 Å². The number of rotatable bonds is 10. The van der Waals surface area contributed by atoms with Gasteiger partial charge in [0, 0.05) is 24.0 Å². The molecule has 0 amide bonds. The number of hydrogen-bond donors (Lipinski definition) is 7. The zero-order valence-electron chi connectivity index (χ0n) is 27.6. The van der Waals surface area contributed by atoms with Crippen LogP contribution in [0.5, 0.6) is 23.0 Å². The fourth-order valence-corrected chi connectivity index (χ4v) is 7.28. The van der Waals surface area contributed by atoms with Crippen LogP contribution in [0.15, 0.2) is 48.7 Å². The van der Waals surface area contributed by atoms with Crippen LogP contribution in [0.2, 0.25) is 0 Å². The number of aliphatic hydroxyl groups is 6. The fraction of sp³-hybridized carbons (Fsp3) is 0.514. The maximum absolute atomic E-state index is 13.1. The zero-order valence-corrected chi connectivity index (χ0v) is 27.6. The Bertz CT molecular complexity index is 1600. The average Bonchev–Trinajstić information content (AvgIpc) is 3.61. The molecule has 0 radical (unpaired) electrons. The smallest absolute Gasteiger partial charge is 0.331 e. The van der Waals surface area contributed by atoms with Gasteiger partial charge in [-0.2, -0.15) is 0 Å². The summed E-state index contributed by atoms with van der Waals surface area (Å²) in [5, 5.41) is 72.0. The Balaban J connectivity index is 1.15. The number of methoxy groups -OCH3 is 2. The Morgan fingerprint density at radius 3 is 2.46 bits per heavy atom. The third-order valence-electron chi connectivity index (χ3n) is 9.84. The molecule has 0 bridgehead atoms. The minimum Gasteiger partial charge on any atom is -0.504 e. The summed E-state index contributed by atoms with van der Waals surface area (Å²) < 4.78 is 39.8. The normalized spacial score (nSPS) is 36.0. The van der Waals surface area contributed by atoms with Gasteiger partial charge < -0.3 is 68.9 Å². The van der Waals surface area contributed by atoms with Crippen LogP contribution < -0.4 is 14.2 Å². The van der Waals surface area contributed by atoms with Gasteiger partial charge in [0.15, 0.2) is 29.3 Å². The Hall–Kier alpha value is -3.93. The third-order valence-corrected chi connectivity index (χ3v) is 9.84. The third kappa shape index (κ3) is 6.63. The summed E-state index contributed by atoms with van der Waals surface area (Å²) in [6, 6.07) is 8.26. The fourth-order valence-electron chi connectivity index (χ4n) is 7.28. The summed E-state index contributed by atoms with van der Waals surface area (Å²) in [5.41, 5.74) is 0.433. The zero-order chi connectivity index (χ0) is 35.9. The van der Waals surface area contributed by atoms with Crippen LogP contribution >= 0.6 is 0 Å². The number of benzene rings is 2. The van der Waals surface area contributed by atoms with E-state index in [0.717, 1.165) is 0 Å². The quantitative estimate of drug-likeness (QED) is 0.133. The van der Waals surface area contributed by atoms with Crippen LogP contribution in [0.1, 0.15) is 42.1 Å². The molecule has 1 saturated heterocycles. The van der Waals surface area contributed by atoms with Gasteiger partial charge in [-0.25, -0.2) is 4.79 Å². The summed E-state index contributed by atoms with van der Waals surface area (Å²) in [6.45, 7) is 0.635. The summed E-state index contributed by atoms with van der Waals surface area (Å²) in [7, 11) is 2.91. The number of carbonyl (C=O) groups excluding carboxylic acids is 1. The minimum absolute atomic E-state index is 0.0236. The molecule has 2 fully saturated rings. The number of fused-ring (bicyclic) bond motifs is 2. The first-order valence-electron chi connectivity index (χ1n) is 16.2. The number of carbonyl (C=O) groups is 1. The molecule has 15 heteroatoms. The van der Waals surface area contributed by atoms with Gasteiger partial charge in [0.1, 0.15) is 36.6 Å². The van der Waals surface area contributed by atoms with Crippen LogP contribution in [0, 0.1) is 11.8 Å². The van der Waals surface area contributed by atoms with E-state index in [4.69, 9.17) is 33.2 Å². The molecule has 12 atom stereocenters. The molecule has 15 nitrogen and oxygen atoms in total. The highest BCUT2D eigenvalue weighted by atomic mass is 16.8. The number of aromatic hydroxyl groups is 1. The van der Waals surface area contributed by atoms with Gasteiger partial charge in [-0.3, -0.25) is 0 Å². The van der Waals surface area contributed by atoms with Crippen molar-refractivity contribution in [1.29, 1.82) is 0 Å². The molecule has 50 heavy (non-hydrogen) atoms. The lowest BCUT2D eigenvalue weighted by Crippen LogP contribution is -2.60. The first-order valence-corrected chi connectivity index (χ1v) is 16.2. The summed E-state index contributed by atoms with van der Waals surface area (Å²) in [5.74, 6) is -1.50. The lowest BCUT2D eigenvalue weighted by Gasteiger charge is -2.43. The van der Waals surface area contributed by atoms with Crippen molar-refractivity contribution >= 4 is 12.0 Å². The number of hydrogen-bond acceptors (Lipinski definition) is 15. The molecule has 3 aliphatic heterocycles. The van der Waals surface area contributed by atoms with Crippen molar-refractivity contribution in [3.8, 4) is 23.0 Å². The summed E-state index contributed by atoms with van der Waals surface area (Å²) >= 11 is 0. The molecule has 1 aliphatic carbocycles. The van der Waals surface area contributed by atoms with Gasteiger partial charge in [-0.15, -0.1) is 0 Å². The Kier molecular flexibility index (Phi) is 10.3. The van der Waals surface area contributed by atoms with E-state index in [-0.39, 0.29) is 24.5 Å². The molecule has 2 aromatic rings. The van der Waals surface area contributed by atoms with E-state index in [9.17, 15) is 40.5 Å². The number of ether oxygens (including phenoxy) is 7. The molecule has 7 unspecified atom stereocenters. The van der Waals surface area contributed by atoms with Crippen LogP contribution in [0.4, 0.5) is 0 Å². The van der Waals surface area contributed by atoms with Crippen LogP contribution in [0.3, 0.4) is 0 Å². The minimum atomic E-state index is -1.68. The van der Waals surface area contributed by atoms with Crippen LogP contribution in [-0.2, 0) is 23.7 Å². The van der Waals surface area contributed by atoms with Crippen LogP contribution in [0.25, 0.3) is 6.08 Å². The number of esters is 1. The predicted octanol–water partition coefficient (Wildman–Crippen LogP) is 0.618. The van der Waals surface area contributed by atoms with Gasteiger partial charge in [0.25, 0.3) is 0 Å². The highest BCUT2D eigenvalue weighted by Gasteiger charge is 2.58. The SMILES string of the molecule is COc1cc(C2Oc3c(OC)cc(/C=C/C(=O)OC4CC(C)(O)C5C(O[C@@H]6O[C@H](CO)[C@@H](O)[C@H](O)[C@H]6O)OC=CC45)cc3C2CO)ccc1O. The second-order valence-electron chi connectivity index (χ2n) is 13.0. The van der Waals surface area contributed by atoms with E-state index in [1.807, 2.05) is 0 Å². The predicted molar refractivity (Wildman–Crippen MR) is 171 cm³/mol. The molecular formula is C35H42O15. The Morgan fingerprint density at radius 2 is 1.76 bits per heavy atom. The van der Waals surface area contributed by atoms with E-state index in [0.29, 0.717) is 28.2 Å². The van der Waals surface area contributed by atoms with Crippen molar-refractivity contribution in [1.82, 2.24) is 0 Å². The molecule has 4 aliphatic rings. The van der Waals surface area contributed by atoms with E-state index >= 15 is 0 Å². The number of aliphatic hydroxyl groups excluding tert-OH is 5. The lowest BCUT2D eigenvalue weighted by atomic mass is 9.85. The van der Waals surface area contributed by atoms with Crippen molar-refractivity contribution in [3.05, 3.63) is 65.4 Å². The Morgan fingerprint density at radius 1 is 1.00 bits per heavy atom.